The van der Waals surface area contributed by atoms with Crippen LogP contribution in [0.2, 0.25) is 0 Å². The molecular weight excluding hydrogens is 290 g/mol. The van der Waals surface area contributed by atoms with Gasteiger partial charge in [-0.05, 0) is 50.5 Å². The monoisotopic (exact) mass is 311 g/mol. The molecule has 0 aliphatic heterocycles. The molecule has 2 heterocycles. The number of rotatable bonds is 4. The van der Waals surface area contributed by atoms with Crippen LogP contribution in [-0.2, 0) is 6.54 Å². The standard InChI is InChI=1S/C17H21N5O/c1-5-6-21-17(23)22-13(4)10-15(19-16(22)20-21)18-14-8-11(2)7-12(3)9-14/h7-10H,5-6H2,1-4H3,(H,18,19,20). The van der Waals surface area contributed by atoms with Crippen LogP contribution in [0.25, 0.3) is 5.78 Å². The van der Waals surface area contributed by atoms with Crippen LogP contribution in [-0.4, -0.2) is 19.2 Å². The zero-order valence-electron chi connectivity index (χ0n) is 13.9. The first-order valence-electron chi connectivity index (χ1n) is 7.80. The van der Waals surface area contributed by atoms with Crippen LogP contribution in [0.4, 0.5) is 11.5 Å². The molecule has 0 saturated carbocycles. The quantitative estimate of drug-likeness (QED) is 0.804. The second-order valence-electron chi connectivity index (χ2n) is 5.93. The van der Waals surface area contributed by atoms with Crippen LogP contribution < -0.4 is 11.0 Å². The number of aryl methyl sites for hydroxylation is 4. The van der Waals surface area contributed by atoms with E-state index in [0.29, 0.717) is 18.1 Å². The van der Waals surface area contributed by atoms with Gasteiger partial charge in [-0.2, -0.15) is 4.98 Å². The Balaban J connectivity index is 2.04. The van der Waals surface area contributed by atoms with Crippen LogP contribution >= 0.6 is 0 Å². The first-order chi connectivity index (χ1) is 11.0. The summed E-state index contributed by atoms with van der Waals surface area (Å²) in [5.74, 6) is 1.11. The van der Waals surface area contributed by atoms with Gasteiger partial charge in [0, 0.05) is 24.0 Å². The lowest BCUT2D eigenvalue weighted by molar-refractivity contribution is 0.581. The predicted octanol–water partition coefficient (Wildman–Crippen LogP) is 2.97. The highest BCUT2D eigenvalue weighted by atomic mass is 16.2. The fourth-order valence-corrected chi connectivity index (χ4v) is 2.80. The highest BCUT2D eigenvalue weighted by Crippen LogP contribution is 2.19. The van der Waals surface area contributed by atoms with E-state index in [-0.39, 0.29) is 5.69 Å². The number of anilines is 2. The Hall–Kier alpha value is -2.63. The van der Waals surface area contributed by atoms with E-state index in [4.69, 9.17) is 0 Å². The van der Waals surface area contributed by atoms with Crippen molar-refractivity contribution < 1.29 is 0 Å². The SMILES string of the molecule is CCCn1nc2nc(Nc3cc(C)cc(C)c3)cc(C)n2c1=O. The van der Waals surface area contributed by atoms with E-state index in [1.165, 1.54) is 15.8 Å². The lowest BCUT2D eigenvalue weighted by atomic mass is 10.1. The summed E-state index contributed by atoms with van der Waals surface area (Å²) in [4.78, 5) is 16.8. The Morgan fingerprint density at radius 2 is 1.78 bits per heavy atom. The molecule has 2 aromatic heterocycles. The highest BCUT2D eigenvalue weighted by molar-refractivity contribution is 5.60. The molecule has 0 aliphatic carbocycles. The third kappa shape index (κ3) is 2.97. The number of hydrogen-bond donors (Lipinski definition) is 1. The molecule has 0 bridgehead atoms. The molecule has 6 heteroatoms. The minimum Gasteiger partial charge on any atom is -0.340 e. The predicted molar refractivity (Wildman–Crippen MR) is 91.5 cm³/mol. The molecule has 3 aromatic rings. The average molecular weight is 311 g/mol. The molecule has 120 valence electrons. The number of nitrogens with zero attached hydrogens (tertiary/aromatic N) is 4. The van der Waals surface area contributed by atoms with E-state index in [0.717, 1.165) is 17.8 Å². The smallest absolute Gasteiger partial charge is 0.340 e. The van der Waals surface area contributed by atoms with Crippen molar-refractivity contribution in [3.05, 3.63) is 51.6 Å². The first kappa shape index (κ1) is 15.3. The van der Waals surface area contributed by atoms with Gasteiger partial charge in [0.15, 0.2) is 0 Å². The normalized spacial score (nSPS) is 11.1. The average Bonchev–Trinajstić information content (AvgIpc) is 2.75. The van der Waals surface area contributed by atoms with E-state index in [1.54, 1.807) is 4.40 Å². The van der Waals surface area contributed by atoms with E-state index in [2.05, 4.69) is 47.4 Å². The molecule has 3 rings (SSSR count). The van der Waals surface area contributed by atoms with Gasteiger partial charge in [-0.25, -0.2) is 13.9 Å². The summed E-state index contributed by atoms with van der Waals surface area (Å²) in [6, 6.07) is 8.12. The van der Waals surface area contributed by atoms with E-state index in [9.17, 15) is 4.79 Å². The van der Waals surface area contributed by atoms with E-state index >= 15 is 0 Å². The molecule has 0 saturated heterocycles. The van der Waals surface area contributed by atoms with E-state index < -0.39 is 0 Å². The highest BCUT2D eigenvalue weighted by Gasteiger charge is 2.11. The van der Waals surface area contributed by atoms with Gasteiger partial charge in [0.1, 0.15) is 5.82 Å². The van der Waals surface area contributed by atoms with Gasteiger partial charge >= 0.3 is 5.69 Å². The Morgan fingerprint density at radius 3 is 2.43 bits per heavy atom. The molecule has 23 heavy (non-hydrogen) atoms. The van der Waals surface area contributed by atoms with Gasteiger partial charge in [0.05, 0.1) is 0 Å². The summed E-state index contributed by atoms with van der Waals surface area (Å²) in [6.45, 7) is 8.63. The Kier molecular flexibility index (Phi) is 3.90. The molecule has 0 unspecified atom stereocenters. The second kappa shape index (κ2) is 5.87. The molecule has 0 spiro atoms. The van der Waals surface area contributed by atoms with Crippen LogP contribution in [0.5, 0.6) is 0 Å². The minimum absolute atomic E-state index is 0.134. The van der Waals surface area contributed by atoms with Crippen molar-refractivity contribution in [2.24, 2.45) is 0 Å². The number of benzene rings is 1. The summed E-state index contributed by atoms with van der Waals surface area (Å²) in [5.41, 5.74) is 4.04. The number of fused-ring (bicyclic) bond motifs is 1. The maximum absolute atomic E-state index is 12.3. The van der Waals surface area contributed by atoms with Gasteiger partial charge in [0.2, 0.25) is 0 Å². The summed E-state index contributed by atoms with van der Waals surface area (Å²) >= 11 is 0. The van der Waals surface area contributed by atoms with Crippen molar-refractivity contribution in [2.75, 3.05) is 5.32 Å². The second-order valence-corrected chi connectivity index (χ2v) is 5.93. The molecule has 0 aliphatic rings. The number of nitrogens with one attached hydrogen (secondary N) is 1. The molecule has 0 amide bonds. The lowest BCUT2D eigenvalue weighted by Gasteiger charge is -2.09. The maximum atomic E-state index is 12.3. The summed E-state index contributed by atoms with van der Waals surface area (Å²) in [7, 11) is 0. The van der Waals surface area contributed by atoms with Gasteiger partial charge in [-0.15, -0.1) is 5.10 Å². The van der Waals surface area contributed by atoms with Crippen molar-refractivity contribution >= 4 is 17.3 Å². The Bertz CT molecular complexity index is 902. The number of hydrogen-bond acceptors (Lipinski definition) is 4. The van der Waals surface area contributed by atoms with Crippen molar-refractivity contribution in [3.63, 3.8) is 0 Å². The number of aromatic nitrogens is 4. The molecular formula is C17H21N5O. The largest absolute Gasteiger partial charge is 0.351 e. The molecule has 6 nitrogen and oxygen atoms in total. The first-order valence-corrected chi connectivity index (χ1v) is 7.80. The molecule has 1 aromatic carbocycles. The topological polar surface area (TPSA) is 64.2 Å². The molecule has 1 N–H and O–H groups in total. The molecule has 0 atom stereocenters. The van der Waals surface area contributed by atoms with Crippen molar-refractivity contribution in [1.29, 1.82) is 0 Å². The van der Waals surface area contributed by atoms with Gasteiger partial charge in [0.25, 0.3) is 5.78 Å². The summed E-state index contributed by atoms with van der Waals surface area (Å²) in [6.07, 6.45) is 0.858. The van der Waals surface area contributed by atoms with Crippen LogP contribution in [0, 0.1) is 20.8 Å². The molecule has 0 fully saturated rings. The summed E-state index contributed by atoms with van der Waals surface area (Å²) < 4.78 is 3.01. The maximum Gasteiger partial charge on any atom is 0.351 e. The summed E-state index contributed by atoms with van der Waals surface area (Å²) in [5, 5.41) is 7.62. The third-order valence-electron chi connectivity index (χ3n) is 3.67. The molecule has 0 radical (unpaired) electrons. The zero-order chi connectivity index (χ0) is 16.6. The van der Waals surface area contributed by atoms with Gasteiger partial charge < -0.3 is 5.32 Å². The Morgan fingerprint density at radius 1 is 1.09 bits per heavy atom. The zero-order valence-corrected chi connectivity index (χ0v) is 13.9. The van der Waals surface area contributed by atoms with Gasteiger partial charge in [-0.3, -0.25) is 0 Å². The van der Waals surface area contributed by atoms with Crippen LogP contribution in [0.15, 0.2) is 29.1 Å². The van der Waals surface area contributed by atoms with Crippen LogP contribution in [0.1, 0.15) is 30.2 Å². The minimum atomic E-state index is -0.134. The Labute approximate surface area is 134 Å². The lowest BCUT2D eigenvalue weighted by Crippen LogP contribution is -2.22. The van der Waals surface area contributed by atoms with Crippen LogP contribution in [0.3, 0.4) is 0 Å². The fraction of sp³-hybridized carbons (Fsp3) is 0.353. The van der Waals surface area contributed by atoms with E-state index in [1.807, 2.05) is 19.9 Å². The fourth-order valence-electron chi connectivity index (χ4n) is 2.80. The third-order valence-corrected chi connectivity index (χ3v) is 3.67. The van der Waals surface area contributed by atoms with Gasteiger partial charge in [-0.1, -0.05) is 13.0 Å². The van der Waals surface area contributed by atoms with Crippen molar-refractivity contribution in [1.82, 2.24) is 19.2 Å². The van der Waals surface area contributed by atoms with Crippen molar-refractivity contribution in [3.8, 4) is 0 Å². The van der Waals surface area contributed by atoms with Crippen molar-refractivity contribution in [2.45, 2.75) is 40.7 Å².